The molecule has 2 rings (SSSR count). The second-order valence-corrected chi connectivity index (χ2v) is 7.33. The Morgan fingerprint density at radius 3 is 2.53 bits per heavy atom. The minimum Gasteiger partial charge on any atom is -0.398 e. The van der Waals surface area contributed by atoms with Crippen LogP contribution in [0.3, 0.4) is 0 Å². The predicted molar refractivity (Wildman–Crippen MR) is 77.5 cm³/mol. The normalized spacial score (nSPS) is 17.8. The second-order valence-electron chi connectivity index (χ2n) is 5.48. The lowest BCUT2D eigenvalue weighted by Gasteiger charge is -2.38. The molecule has 19 heavy (non-hydrogen) atoms. The molecule has 0 atom stereocenters. The number of nitrogens with two attached hydrogens (primary N) is 1. The number of rotatable bonds is 5. The fraction of sp³-hybridized carbons (Fsp3) is 0.538. The first kappa shape index (κ1) is 14.1. The summed E-state index contributed by atoms with van der Waals surface area (Å²) in [5.41, 5.74) is 7.30. The van der Waals surface area contributed by atoms with Gasteiger partial charge in [0.15, 0.2) is 0 Å². The van der Waals surface area contributed by atoms with Crippen molar-refractivity contribution in [1.29, 1.82) is 0 Å². The zero-order chi connectivity index (χ0) is 14.1. The quantitative estimate of drug-likeness (QED) is 0.719. The molecule has 1 aromatic carbocycles. The van der Waals surface area contributed by atoms with Gasteiger partial charge in [0, 0.05) is 12.2 Å². The summed E-state index contributed by atoms with van der Waals surface area (Å²) >= 11 is 0. The monoisotopic (exact) mass is 283 g/mol. The molecule has 1 fully saturated rings. The maximum Gasteiger partial charge on any atom is 0.242 e. The van der Waals surface area contributed by atoms with Gasteiger partial charge < -0.3 is 11.1 Å². The zero-order valence-electron chi connectivity index (χ0n) is 11.4. The Balaban J connectivity index is 2.11. The molecule has 1 aliphatic carbocycles. The van der Waals surface area contributed by atoms with Crippen molar-refractivity contribution in [3.63, 3.8) is 0 Å². The predicted octanol–water partition coefficient (Wildman–Crippen LogP) is 1.78. The standard InChI is InChI=1S/C13H21N3O2S/c1-13(6-3-7-13)9-16-10-4-5-12(11(14)8-10)19(17,18)15-2/h4-5,8,15-16H,3,6-7,9,14H2,1-2H3. The maximum atomic E-state index is 11.7. The van der Waals surface area contributed by atoms with Crippen LogP contribution in [0.5, 0.6) is 0 Å². The Labute approximate surface area is 114 Å². The van der Waals surface area contributed by atoms with Crippen LogP contribution in [0.15, 0.2) is 23.1 Å². The largest absolute Gasteiger partial charge is 0.398 e. The van der Waals surface area contributed by atoms with Crippen LogP contribution in [0.2, 0.25) is 0 Å². The van der Waals surface area contributed by atoms with Crippen LogP contribution in [0.25, 0.3) is 0 Å². The topological polar surface area (TPSA) is 84.2 Å². The van der Waals surface area contributed by atoms with Crippen LogP contribution >= 0.6 is 0 Å². The van der Waals surface area contributed by atoms with E-state index in [1.165, 1.54) is 32.4 Å². The molecule has 0 unspecified atom stereocenters. The van der Waals surface area contributed by atoms with Crippen molar-refractivity contribution < 1.29 is 8.42 Å². The van der Waals surface area contributed by atoms with Gasteiger partial charge in [0.2, 0.25) is 10.0 Å². The van der Waals surface area contributed by atoms with Gasteiger partial charge in [0.1, 0.15) is 4.90 Å². The van der Waals surface area contributed by atoms with Gasteiger partial charge in [-0.2, -0.15) is 0 Å². The highest BCUT2D eigenvalue weighted by Gasteiger charge is 2.31. The van der Waals surface area contributed by atoms with Gasteiger partial charge in [0.05, 0.1) is 5.69 Å². The van der Waals surface area contributed by atoms with E-state index in [1.54, 1.807) is 12.1 Å². The van der Waals surface area contributed by atoms with Crippen molar-refractivity contribution in [2.24, 2.45) is 5.41 Å². The summed E-state index contributed by atoms with van der Waals surface area (Å²) in [7, 11) is -2.11. The second kappa shape index (κ2) is 5.02. The third kappa shape index (κ3) is 3.01. The van der Waals surface area contributed by atoms with Crippen molar-refractivity contribution in [2.75, 3.05) is 24.6 Å². The summed E-state index contributed by atoms with van der Waals surface area (Å²) in [6, 6.07) is 4.96. The number of nitrogen functional groups attached to an aromatic ring is 1. The number of sulfonamides is 1. The van der Waals surface area contributed by atoms with E-state index in [0.29, 0.717) is 5.41 Å². The van der Waals surface area contributed by atoms with E-state index in [0.717, 1.165) is 12.2 Å². The minimum absolute atomic E-state index is 0.121. The molecule has 1 aliphatic rings. The van der Waals surface area contributed by atoms with Crippen molar-refractivity contribution in [3.8, 4) is 0 Å². The first-order chi connectivity index (χ1) is 8.86. The van der Waals surface area contributed by atoms with Crippen LogP contribution in [-0.4, -0.2) is 22.0 Å². The third-order valence-electron chi connectivity index (χ3n) is 3.85. The van der Waals surface area contributed by atoms with Crippen LogP contribution in [0.1, 0.15) is 26.2 Å². The fourth-order valence-electron chi connectivity index (χ4n) is 2.29. The molecule has 0 saturated heterocycles. The molecular formula is C13H21N3O2S. The highest BCUT2D eigenvalue weighted by atomic mass is 32.2. The molecule has 1 saturated carbocycles. The van der Waals surface area contributed by atoms with Gasteiger partial charge in [0.25, 0.3) is 0 Å². The van der Waals surface area contributed by atoms with E-state index in [-0.39, 0.29) is 10.6 Å². The summed E-state index contributed by atoms with van der Waals surface area (Å²) < 4.78 is 25.7. The highest BCUT2D eigenvalue weighted by molar-refractivity contribution is 7.89. The van der Waals surface area contributed by atoms with Gasteiger partial charge in [-0.1, -0.05) is 13.3 Å². The lowest BCUT2D eigenvalue weighted by Crippen LogP contribution is -2.33. The summed E-state index contributed by atoms with van der Waals surface area (Å²) in [4.78, 5) is 0.121. The van der Waals surface area contributed by atoms with Crippen molar-refractivity contribution in [2.45, 2.75) is 31.1 Å². The number of benzene rings is 1. The molecule has 1 aromatic rings. The maximum absolute atomic E-state index is 11.7. The Bertz CT molecular complexity index is 565. The van der Waals surface area contributed by atoms with Gasteiger partial charge in [-0.25, -0.2) is 13.1 Å². The Hall–Kier alpha value is -1.27. The lowest BCUT2D eigenvalue weighted by atomic mass is 9.70. The number of nitrogens with one attached hydrogen (secondary N) is 2. The molecule has 0 radical (unpaired) electrons. The first-order valence-corrected chi connectivity index (χ1v) is 7.92. The summed E-state index contributed by atoms with van der Waals surface area (Å²) in [6.45, 7) is 3.15. The SMILES string of the molecule is CNS(=O)(=O)c1ccc(NCC2(C)CCC2)cc1N. The molecule has 0 heterocycles. The van der Waals surface area contributed by atoms with E-state index in [2.05, 4.69) is 17.0 Å². The molecule has 0 amide bonds. The van der Waals surface area contributed by atoms with Crippen LogP contribution < -0.4 is 15.8 Å². The number of hydrogen-bond acceptors (Lipinski definition) is 4. The molecule has 0 spiro atoms. The number of anilines is 2. The van der Waals surface area contributed by atoms with Crippen LogP contribution in [0.4, 0.5) is 11.4 Å². The average molecular weight is 283 g/mol. The smallest absolute Gasteiger partial charge is 0.242 e. The number of hydrogen-bond donors (Lipinski definition) is 3. The van der Waals surface area contributed by atoms with Crippen molar-refractivity contribution >= 4 is 21.4 Å². The van der Waals surface area contributed by atoms with E-state index < -0.39 is 10.0 Å². The van der Waals surface area contributed by atoms with E-state index >= 15 is 0 Å². The highest BCUT2D eigenvalue weighted by Crippen LogP contribution is 2.40. The van der Waals surface area contributed by atoms with Gasteiger partial charge >= 0.3 is 0 Å². The minimum atomic E-state index is -3.49. The van der Waals surface area contributed by atoms with Crippen LogP contribution in [-0.2, 0) is 10.0 Å². The average Bonchev–Trinajstić information content (AvgIpc) is 2.34. The molecule has 4 N–H and O–H groups in total. The van der Waals surface area contributed by atoms with Crippen molar-refractivity contribution in [1.82, 2.24) is 4.72 Å². The Morgan fingerprint density at radius 1 is 1.37 bits per heavy atom. The molecule has 106 valence electrons. The van der Waals surface area contributed by atoms with Crippen LogP contribution in [0, 0.1) is 5.41 Å². The Morgan fingerprint density at radius 2 is 2.05 bits per heavy atom. The summed E-state index contributed by atoms with van der Waals surface area (Å²) in [6.07, 6.45) is 3.77. The molecule has 0 aromatic heterocycles. The van der Waals surface area contributed by atoms with E-state index in [4.69, 9.17) is 5.73 Å². The molecule has 6 heteroatoms. The van der Waals surface area contributed by atoms with Gasteiger partial charge in [-0.05, 0) is 43.5 Å². The van der Waals surface area contributed by atoms with E-state index in [9.17, 15) is 8.42 Å². The fourth-order valence-corrected chi connectivity index (χ4v) is 3.12. The molecule has 5 nitrogen and oxygen atoms in total. The van der Waals surface area contributed by atoms with Gasteiger partial charge in [-0.15, -0.1) is 0 Å². The third-order valence-corrected chi connectivity index (χ3v) is 5.34. The van der Waals surface area contributed by atoms with Gasteiger partial charge in [-0.3, -0.25) is 0 Å². The molecule has 0 aliphatic heterocycles. The molecular weight excluding hydrogens is 262 g/mol. The Kier molecular flexibility index (Phi) is 3.73. The zero-order valence-corrected chi connectivity index (χ0v) is 12.2. The first-order valence-electron chi connectivity index (χ1n) is 6.43. The summed E-state index contributed by atoms with van der Waals surface area (Å²) in [5, 5.41) is 3.33. The van der Waals surface area contributed by atoms with E-state index in [1.807, 2.05) is 0 Å². The molecule has 0 bridgehead atoms. The lowest BCUT2D eigenvalue weighted by molar-refractivity contribution is 0.180. The summed E-state index contributed by atoms with van der Waals surface area (Å²) in [5.74, 6) is 0. The van der Waals surface area contributed by atoms with Crippen molar-refractivity contribution in [3.05, 3.63) is 18.2 Å².